The highest BCUT2D eigenvalue weighted by Gasteiger charge is 2.46. The number of aryl methyl sites for hydroxylation is 1. The molecule has 0 aliphatic carbocycles. The lowest BCUT2D eigenvalue weighted by atomic mass is 10.1. The molecule has 1 saturated heterocycles. The molecule has 0 bridgehead atoms. The first-order valence-corrected chi connectivity index (χ1v) is 9.16. The number of nitrogens with one attached hydrogen (secondary N) is 1. The van der Waals surface area contributed by atoms with Gasteiger partial charge < -0.3 is 10.2 Å². The Hall–Kier alpha value is -3.12. The highest BCUT2D eigenvalue weighted by molar-refractivity contribution is 6.30. The minimum atomic E-state index is -0.890. The smallest absolute Gasteiger partial charge is 0.326 e. The predicted octanol–water partition coefficient (Wildman–Crippen LogP) is 4.00. The van der Waals surface area contributed by atoms with Crippen LogP contribution in [-0.4, -0.2) is 35.3 Å². The molecule has 7 heteroatoms. The Kier molecular flexibility index (Phi) is 5.80. The van der Waals surface area contributed by atoms with E-state index in [1.165, 1.54) is 11.0 Å². The second-order valence-corrected chi connectivity index (χ2v) is 6.95. The summed E-state index contributed by atoms with van der Waals surface area (Å²) in [5.41, 5.74) is 1.99. The molecule has 1 atom stereocenters. The predicted molar refractivity (Wildman–Crippen MR) is 109 cm³/mol. The van der Waals surface area contributed by atoms with Crippen molar-refractivity contribution in [1.29, 1.82) is 0 Å². The highest BCUT2D eigenvalue weighted by atomic mass is 35.5. The fourth-order valence-electron chi connectivity index (χ4n) is 3.11. The Labute approximate surface area is 168 Å². The molecule has 144 valence electrons. The van der Waals surface area contributed by atoms with Crippen LogP contribution >= 0.6 is 11.6 Å². The maximum atomic E-state index is 13.0. The van der Waals surface area contributed by atoms with E-state index in [0.29, 0.717) is 16.4 Å². The monoisotopic (exact) mass is 397 g/mol. The first-order valence-electron chi connectivity index (χ1n) is 8.78. The summed E-state index contributed by atoms with van der Waals surface area (Å²) in [5.74, 6) is -0.794. The van der Waals surface area contributed by atoms with Gasteiger partial charge in [0.2, 0.25) is 5.91 Å². The second kappa shape index (κ2) is 8.27. The summed E-state index contributed by atoms with van der Waals surface area (Å²) in [6.45, 7) is 5.70. The van der Waals surface area contributed by atoms with E-state index in [9.17, 15) is 14.4 Å². The summed E-state index contributed by atoms with van der Waals surface area (Å²) >= 11 is 5.84. The van der Waals surface area contributed by atoms with Crippen LogP contribution in [0.3, 0.4) is 0 Å². The Balaban J connectivity index is 1.80. The average molecular weight is 398 g/mol. The van der Waals surface area contributed by atoms with Crippen molar-refractivity contribution in [1.82, 2.24) is 4.90 Å². The molecule has 0 radical (unpaired) electrons. The largest absolute Gasteiger partial charge is 0.332 e. The molecule has 1 aliphatic heterocycles. The molecule has 0 aromatic heterocycles. The van der Waals surface area contributed by atoms with Gasteiger partial charge >= 0.3 is 6.03 Å². The molecule has 1 aliphatic rings. The molecule has 4 amide bonds. The van der Waals surface area contributed by atoms with E-state index in [0.717, 1.165) is 10.5 Å². The molecule has 1 unspecified atom stereocenters. The van der Waals surface area contributed by atoms with Gasteiger partial charge in [0.05, 0.1) is 12.1 Å². The number of urea groups is 1. The average Bonchev–Trinajstić information content (AvgIpc) is 2.88. The van der Waals surface area contributed by atoms with Crippen LogP contribution in [0.5, 0.6) is 0 Å². The zero-order chi connectivity index (χ0) is 20.3. The molecule has 3 rings (SSSR count). The van der Waals surface area contributed by atoms with Crippen LogP contribution in [0.15, 0.2) is 61.2 Å². The van der Waals surface area contributed by atoms with Crippen molar-refractivity contribution in [3.05, 3.63) is 71.8 Å². The third-order valence-corrected chi connectivity index (χ3v) is 4.66. The van der Waals surface area contributed by atoms with Gasteiger partial charge in [-0.2, -0.15) is 0 Å². The number of hydrogen-bond donors (Lipinski definition) is 1. The Morgan fingerprint density at radius 3 is 2.57 bits per heavy atom. The van der Waals surface area contributed by atoms with E-state index >= 15 is 0 Å². The molecule has 6 nitrogen and oxygen atoms in total. The van der Waals surface area contributed by atoms with E-state index in [-0.39, 0.29) is 18.9 Å². The normalized spacial score (nSPS) is 16.4. The summed E-state index contributed by atoms with van der Waals surface area (Å²) in [6, 6.07) is 12.4. The zero-order valence-electron chi connectivity index (χ0n) is 15.4. The maximum absolute atomic E-state index is 13.0. The topological polar surface area (TPSA) is 69.7 Å². The van der Waals surface area contributed by atoms with Gasteiger partial charge in [0.15, 0.2) is 0 Å². The highest BCUT2D eigenvalue weighted by Crippen LogP contribution is 2.27. The number of hydrogen-bond acceptors (Lipinski definition) is 3. The van der Waals surface area contributed by atoms with Gasteiger partial charge in [0, 0.05) is 17.3 Å². The van der Waals surface area contributed by atoms with Crippen molar-refractivity contribution in [2.24, 2.45) is 0 Å². The Morgan fingerprint density at radius 1 is 1.21 bits per heavy atom. The number of benzene rings is 2. The van der Waals surface area contributed by atoms with Crippen LogP contribution < -0.4 is 10.2 Å². The summed E-state index contributed by atoms with van der Waals surface area (Å²) in [6.07, 6.45) is 1.39. The lowest BCUT2D eigenvalue weighted by Gasteiger charge is -2.19. The fourth-order valence-corrected chi connectivity index (χ4v) is 3.23. The van der Waals surface area contributed by atoms with Crippen LogP contribution in [-0.2, 0) is 9.59 Å². The molecule has 1 heterocycles. The molecule has 0 spiro atoms. The van der Waals surface area contributed by atoms with Gasteiger partial charge in [-0.05, 0) is 48.9 Å². The zero-order valence-corrected chi connectivity index (χ0v) is 16.1. The lowest BCUT2D eigenvalue weighted by molar-refractivity contribution is -0.124. The summed E-state index contributed by atoms with van der Waals surface area (Å²) in [5, 5.41) is 3.28. The molecule has 2 aromatic carbocycles. The van der Waals surface area contributed by atoms with E-state index in [4.69, 9.17) is 11.6 Å². The number of nitrogens with zero attached hydrogens (tertiary/aromatic N) is 2. The van der Waals surface area contributed by atoms with Crippen molar-refractivity contribution in [2.45, 2.75) is 19.4 Å². The van der Waals surface area contributed by atoms with Crippen LogP contribution in [0, 0.1) is 6.92 Å². The number of halogens is 1. The summed E-state index contributed by atoms with van der Waals surface area (Å²) < 4.78 is 0. The van der Waals surface area contributed by atoms with E-state index in [1.807, 2.05) is 13.0 Å². The number of amides is 4. The quantitative estimate of drug-likeness (QED) is 0.591. The van der Waals surface area contributed by atoms with Crippen molar-refractivity contribution in [2.75, 3.05) is 16.8 Å². The van der Waals surface area contributed by atoms with Crippen LogP contribution in [0.4, 0.5) is 16.2 Å². The fraction of sp³-hybridized carbons (Fsp3) is 0.190. The molecule has 28 heavy (non-hydrogen) atoms. The van der Waals surface area contributed by atoms with E-state index in [1.54, 1.807) is 42.5 Å². The summed E-state index contributed by atoms with van der Waals surface area (Å²) in [4.78, 5) is 40.8. The second-order valence-electron chi connectivity index (χ2n) is 6.51. The minimum absolute atomic E-state index is 0.149. The third kappa shape index (κ3) is 4.07. The number of rotatable bonds is 6. The first-order chi connectivity index (χ1) is 13.4. The van der Waals surface area contributed by atoms with Crippen molar-refractivity contribution in [3.63, 3.8) is 0 Å². The number of carbonyl (C=O) groups excluding carboxylic acids is 3. The van der Waals surface area contributed by atoms with Crippen LogP contribution in [0.25, 0.3) is 0 Å². The SMILES string of the molecule is C=CCN1C(=O)N(c2cccc(C)c2)C(=O)C1CC(=O)Nc1ccc(Cl)cc1. The Morgan fingerprint density at radius 2 is 1.93 bits per heavy atom. The summed E-state index contributed by atoms with van der Waals surface area (Å²) in [7, 11) is 0. The minimum Gasteiger partial charge on any atom is -0.326 e. The maximum Gasteiger partial charge on any atom is 0.332 e. The first kappa shape index (κ1) is 19.6. The molecule has 2 aromatic rings. The molecular weight excluding hydrogens is 378 g/mol. The number of imide groups is 1. The standard InChI is InChI=1S/C21H20ClN3O3/c1-3-11-24-18(13-19(26)23-16-9-7-15(22)8-10-16)20(27)25(21(24)28)17-6-4-5-14(2)12-17/h3-10,12,18H,1,11,13H2,2H3,(H,23,26). The van der Waals surface area contributed by atoms with Crippen molar-refractivity contribution < 1.29 is 14.4 Å². The number of carbonyl (C=O) groups is 3. The van der Waals surface area contributed by atoms with Crippen molar-refractivity contribution in [3.8, 4) is 0 Å². The van der Waals surface area contributed by atoms with Gasteiger partial charge in [0.25, 0.3) is 5.91 Å². The van der Waals surface area contributed by atoms with Crippen LogP contribution in [0.1, 0.15) is 12.0 Å². The molecule has 0 saturated carbocycles. The molecule has 1 N–H and O–H groups in total. The van der Waals surface area contributed by atoms with Gasteiger partial charge in [-0.1, -0.05) is 29.8 Å². The van der Waals surface area contributed by atoms with E-state index < -0.39 is 18.0 Å². The lowest BCUT2D eigenvalue weighted by Crippen LogP contribution is -2.38. The van der Waals surface area contributed by atoms with Crippen molar-refractivity contribution >= 4 is 40.8 Å². The Bertz CT molecular complexity index is 927. The third-order valence-electron chi connectivity index (χ3n) is 4.41. The van der Waals surface area contributed by atoms with Gasteiger partial charge in [-0.15, -0.1) is 6.58 Å². The van der Waals surface area contributed by atoms with E-state index in [2.05, 4.69) is 11.9 Å². The molecule has 1 fully saturated rings. The van der Waals surface area contributed by atoms with Gasteiger partial charge in [0.1, 0.15) is 6.04 Å². The molecular formula is C21H20ClN3O3. The van der Waals surface area contributed by atoms with Gasteiger partial charge in [-0.25, -0.2) is 9.69 Å². The van der Waals surface area contributed by atoms with Gasteiger partial charge in [-0.3, -0.25) is 9.59 Å². The number of anilines is 2. The van der Waals surface area contributed by atoms with Crippen LogP contribution in [0.2, 0.25) is 5.02 Å².